The van der Waals surface area contributed by atoms with Crippen molar-refractivity contribution in [3.63, 3.8) is 0 Å². The summed E-state index contributed by atoms with van der Waals surface area (Å²) in [6.45, 7) is 0.147. The number of fused-ring (bicyclic) bond motifs is 1. The van der Waals surface area contributed by atoms with Crippen LogP contribution in [0.2, 0.25) is 0 Å². The van der Waals surface area contributed by atoms with E-state index in [1.165, 1.54) is 0 Å². The normalized spacial score (nSPS) is 12.7. The molecule has 0 unspecified atom stereocenters. The number of anilines is 1. The van der Waals surface area contributed by atoms with Gasteiger partial charge in [0.1, 0.15) is 0 Å². The second kappa shape index (κ2) is 4.23. The van der Waals surface area contributed by atoms with Crippen molar-refractivity contribution < 1.29 is 14.6 Å². The van der Waals surface area contributed by atoms with Gasteiger partial charge in [-0.2, -0.15) is 0 Å². The second-order valence-corrected chi connectivity index (χ2v) is 4.11. The molecule has 3 rings (SSSR count). The van der Waals surface area contributed by atoms with Gasteiger partial charge >= 0.3 is 0 Å². The van der Waals surface area contributed by atoms with Gasteiger partial charge in [0.15, 0.2) is 11.5 Å². The molecule has 92 valence electrons. The number of para-hydroxylation sites is 1. The molecular formula is C14H13NO3. The highest BCUT2D eigenvalue weighted by Gasteiger charge is 2.18. The van der Waals surface area contributed by atoms with Gasteiger partial charge in [0.25, 0.3) is 0 Å². The maximum atomic E-state index is 9.46. The van der Waals surface area contributed by atoms with Crippen molar-refractivity contribution in [1.29, 1.82) is 0 Å². The summed E-state index contributed by atoms with van der Waals surface area (Å²) < 4.78 is 10.7. The molecule has 0 fully saturated rings. The summed E-state index contributed by atoms with van der Waals surface area (Å²) in [6.07, 6.45) is 0. The molecule has 4 nitrogen and oxygen atoms in total. The Morgan fingerprint density at radius 1 is 1.06 bits per heavy atom. The summed E-state index contributed by atoms with van der Waals surface area (Å²) in [5.74, 6) is 1.35. The molecule has 0 saturated carbocycles. The number of nitrogens with two attached hydrogens (primary N) is 1. The van der Waals surface area contributed by atoms with E-state index >= 15 is 0 Å². The SMILES string of the molecule is Nc1ccccc1-c1cc2c(cc1CO)OCO2. The topological polar surface area (TPSA) is 64.7 Å². The van der Waals surface area contributed by atoms with Gasteiger partial charge in [-0.3, -0.25) is 0 Å². The van der Waals surface area contributed by atoms with Gasteiger partial charge in [0, 0.05) is 11.3 Å². The Kier molecular flexibility index (Phi) is 2.57. The number of aliphatic hydroxyl groups excluding tert-OH is 1. The van der Waals surface area contributed by atoms with Gasteiger partial charge in [-0.25, -0.2) is 0 Å². The molecule has 0 bridgehead atoms. The third-order valence-electron chi connectivity index (χ3n) is 3.02. The Morgan fingerprint density at radius 3 is 2.50 bits per heavy atom. The van der Waals surface area contributed by atoms with Gasteiger partial charge in [-0.05, 0) is 29.3 Å². The third kappa shape index (κ3) is 1.67. The first-order chi connectivity index (χ1) is 8.79. The highest BCUT2D eigenvalue weighted by Crippen LogP contribution is 2.40. The molecule has 2 aromatic carbocycles. The zero-order valence-corrected chi connectivity index (χ0v) is 9.72. The Hall–Kier alpha value is -2.20. The van der Waals surface area contributed by atoms with E-state index in [2.05, 4.69) is 0 Å². The Bertz CT molecular complexity index is 596. The molecule has 0 radical (unpaired) electrons. The molecule has 18 heavy (non-hydrogen) atoms. The molecule has 3 N–H and O–H groups in total. The predicted octanol–water partition coefficient (Wildman–Crippen LogP) is 2.16. The first-order valence-corrected chi connectivity index (χ1v) is 5.68. The minimum absolute atomic E-state index is 0.0691. The molecule has 0 aromatic heterocycles. The lowest BCUT2D eigenvalue weighted by atomic mass is 9.98. The highest BCUT2D eigenvalue weighted by atomic mass is 16.7. The Labute approximate surface area is 105 Å². The van der Waals surface area contributed by atoms with Gasteiger partial charge in [0.2, 0.25) is 6.79 Å². The third-order valence-corrected chi connectivity index (χ3v) is 3.02. The van der Waals surface area contributed by atoms with E-state index in [9.17, 15) is 5.11 Å². The molecule has 0 atom stereocenters. The van der Waals surface area contributed by atoms with E-state index in [1.807, 2.05) is 30.3 Å². The largest absolute Gasteiger partial charge is 0.454 e. The number of benzene rings is 2. The molecule has 4 heteroatoms. The first-order valence-electron chi connectivity index (χ1n) is 5.68. The number of ether oxygens (including phenoxy) is 2. The summed E-state index contributed by atoms with van der Waals surface area (Å²) in [6, 6.07) is 11.2. The molecule has 1 aliphatic heterocycles. The maximum absolute atomic E-state index is 9.46. The van der Waals surface area contributed by atoms with Gasteiger partial charge in [-0.1, -0.05) is 18.2 Å². The highest BCUT2D eigenvalue weighted by molar-refractivity contribution is 5.80. The van der Waals surface area contributed by atoms with Crippen LogP contribution in [0.4, 0.5) is 5.69 Å². The van der Waals surface area contributed by atoms with Gasteiger partial charge in [0.05, 0.1) is 6.61 Å². The lowest BCUT2D eigenvalue weighted by Crippen LogP contribution is -1.94. The fourth-order valence-electron chi connectivity index (χ4n) is 2.11. The van der Waals surface area contributed by atoms with E-state index < -0.39 is 0 Å². The predicted molar refractivity (Wildman–Crippen MR) is 68.3 cm³/mol. The molecule has 1 aliphatic rings. The average molecular weight is 243 g/mol. The van der Waals surface area contributed by atoms with E-state index in [0.717, 1.165) is 16.7 Å². The van der Waals surface area contributed by atoms with Crippen molar-refractivity contribution in [1.82, 2.24) is 0 Å². The van der Waals surface area contributed by atoms with Crippen molar-refractivity contribution >= 4 is 5.69 Å². The molecule has 2 aromatic rings. The smallest absolute Gasteiger partial charge is 0.231 e. The van der Waals surface area contributed by atoms with Gasteiger partial charge in [-0.15, -0.1) is 0 Å². The number of rotatable bonds is 2. The summed E-state index contributed by atoms with van der Waals surface area (Å²) in [7, 11) is 0. The van der Waals surface area contributed by atoms with Crippen molar-refractivity contribution in [3.8, 4) is 22.6 Å². The van der Waals surface area contributed by atoms with Gasteiger partial charge < -0.3 is 20.3 Å². The van der Waals surface area contributed by atoms with Crippen LogP contribution < -0.4 is 15.2 Å². The fourth-order valence-corrected chi connectivity index (χ4v) is 2.11. The summed E-state index contributed by atoms with van der Waals surface area (Å²) >= 11 is 0. The van der Waals surface area contributed by atoms with Crippen molar-refractivity contribution in [2.75, 3.05) is 12.5 Å². The van der Waals surface area contributed by atoms with Crippen LogP contribution in [0.3, 0.4) is 0 Å². The van der Waals surface area contributed by atoms with Crippen LogP contribution in [0, 0.1) is 0 Å². The minimum Gasteiger partial charge on any atom is -0.454 e. The lowest BCUT2D eigenvalue weighted by molar-refractivity contribution is 0.174. The van der Waals surface area contributed by atoms with Crippen molar-refractivity contribution in [2.24, 2.45) is 0 Å². The van der Waals surface area contributed by atoms with Crippen LogP contribution in [0.25, 0.3) is 11.1 Å². The fraction of sp³-hybridized carbons (Fsp3) is 0.143. The maximum Gasteiger partial charge on any atom is 0.231 e. The van der Waals surface area contributed by atoms with Crippen LogP contribution in [-0.4, -0.2) is 11.9 Å². The number of hydrogen-bond acceptors (Lipinski definition) is 4. The van der Waals surface area contributed by atoms with Crippen molar-refractivity contribution in [3.05, 3.63) is 42.0 Å². The standard InChI is InChI=1S/C14H13NO3/c15-12-4-2-1-3-10(12)11-6-14-13(17-8-18-14)5-9(11)7-16/h1-6,16H,7-8,15H2. The van der Waals surface area contributed by atoms with E-state index in [1.54, 1.807) is 6.07 Å². The average Bonchev–Trinajstić information content (AvgIpc) is 2.85. The van der Waals surface area contributed by atoms with Crippen LogP contribution >= 0.6 is 0 Å². The molecule has 0 spiro atoms. The Balaban J connectivity index is 2.20. The Morgan fingerprint density at radius 2 is 1.78 bits per heavy atom. The number of hydrogen-bond donors (Lipinski definition) is 2. The van der Waals surface area contributed by atoms with Crippen LogP contribution in [0.1, 0.15) is 5.56 Å². The van der Waals surface area contributed by atoms with E-state index in [0.29, 0.717) is 17.2 Å². The zero-order chi connectivity index (χ0) is 12.5. The van der Waals surface area contributed by atoms with Crippen LogP contribution in [0.5, 0.6) is 11.5 Å². The van der Waals surface area contributed by atoms with E-state index in [-0.39, 0.29) is 13.4 Å². The molecule has 1 heterocycles. The molecule has 0 amide bonds. The van der Waals surface area contributed by atoms with Crippen LogP contribution in [-0.2, 0) is 6.61 Å². The monoisotopic (exact) mass is 243 g/mol. The number of aliphatic hydroxyl groups is 1. The van der Waals surface area contributed by atoms with Crippen LogP contribution in [0.15, 0.2) is 36.4 Å². The second-order valence-electron chi connectivity index (χ2n) is 4.11. The zero-order valence-electron chi connectivity index (χ0n) is 9.72. The number of nitrogen functional groups attached to an aromatic ring is 1. The summed E-state index contributed by atoms with van der Waals surface area (Å²) in [4.78, 5) is 0. The lowest BCUT2D eigenvalue weighted by Gasteiger charge is -2.11. The van der Waals surface area contributed by atoms with Crippen molar-refractivity contribution in [2.45, 2.75) is 6.61 Å². The summed E-state index contributed by atoms with van der Waals surface area (Å²) in [5.41, 5.74) is 9.18. The molecular weight excluding hydrogens is 230 g/mol. The first kappa shape index (κ1) is 10.9. The van der Waals surface area contributed by atoms with E-state index in [4.69, 9.17) is 15.2 Å². The summed E-state index contributed by atoms with van der Waals surface area (Å²) in [5, 5.41) is 9.46. The quantitative estimate of drug-likeness (QED) is 0.793. The molecule has 0 aliphatic carbocycles. The molecule has 0 saturated heterocycles. The minimum atomic E-state index is -0.0691.